The second-order valence-corrected chi connectivity index (χ2v) is 5.54. The predicted molar refractivity (Wildman–Crippen MR) is 87.4 cm³/mol. The third-order valence-electron chi connectivity index (χ3n) is 3.09. The molecule has 7 heteroatoms. The Bertz CT molecular complexity index is 849. The summed E-state index contributed by atoms with van der Waals surface area (Å²) < 4.78 is 5.38. The van der Waals surface area contributed by atoms with Crippen LogP contribution in [0.1, 0.15) is 16.2 Å². The van der Waals surface area contributed by atoms with Gasteiger partial charge < -0.3 is 9.73 Å². The van der Waals surface area contributed by atoms with Crippen LogP contribution in [0, 0.1) is 0 Å². The second kappa shape index (κ2) is 6.81. The molecule has 0 spiro atoms. The number of halogens is 2. The summed E-state index contributed by atoms with van der Waals surface area (Å²) in [4.78, 5) is 12.1. The highest BCUT2D eigenvalue weighted by Crippen LogP contribution is 2.21. The zero-order valence-corrected chi connectivity index (χ0v) is 13.3. The van der Waals surface area contributed by atoms with Gasteiger partial charge in [0.1, 0.15) is 0 Å². The van der Waals surface area contributed by atoms with Crippen molar-refractivity contribution in [2.24, 2.45) is 0 Å². The van der Waals surface area contributed by atoms with E-state index in [9.17, 15) is 4.79 Å². The van der Waals surface area contributed by atoms with Crippen LogP contribution in [0.4, 0.5) is 0 Å². The average molecular weight is 348 g/mol. The molecule has 3 rings (SSSR count). The third kappa shape index (κ3) is 3.70. The number of amides is 1. The Morgan fingerprint density at radius 3 is 2.70 bits per heavy atom. The minimum atomic E-state index is -0.467. The summed E-state index contributed by atoms with van der Waals surface area (Å²) in [6.45, 7) is 0.271. The van der Waals surface area contributed by atoms with Gasteiger partial charge in [-0.15, -0.1) is 10.2 Å². The molecule has 1 N–H and O–H groups in total. The standard InChI is InChI=1S/C16H11Cl2N3O2/c17-12-6-3-5-10(8-12)15-20-21-16(23-15)14(22)19-9-11-4-1-2-7-13(11)18/h1-8H,9H2,(H,19,22). The second-order valence-electron chi connectivity index (χ2n) is 4.70. The highest BCUT2D eigenvalue weighted by molar-refractivity contribution is 6.31. The van der Waals surface area contributed by atoms with E-state index in [0.717, 1.165) is 5.56 Å². The molecule has 0 aliphatic heterocycles. The lowest BCUT2D eigenvalue weighted by Gasteiger charge is -2.04. The number of carbonyl (C=O) groups excluding carboxylic acids is 1. The van der Waals surface area contributed by atoms with Crippen LogP contribution in [0.5, 0.6) is 0 Å². The maximum Gasteiger partial charge on any atom is 0.309 e. The Kier molecular flexibility index (Phi) is 4.60. The summed E-state index contributed by atoms with van der Waals surface area (Å²) in [5.41, 5.74) is 1.45. The van der Waals surface area contributed by atoms with Crippen LogP contribution in [-0.2, 0) is 6.54 Å². The molecule has 0 aliphatic rings. The third-order valence-corrected chi connectivity index (χ3v) is 3.69. The van der Waals surface area contributed by atoms with E-state index >= 15 is 0 Å². The number of benzene rings is 2. The van der Waals surface area contributed by atoms with Crippen molar-refractivity contribution in [2.45, 2.75) is 6.54 Å². The minimum absolute atomic E-state index is 0.118. The van der Waals surface area contributed by atoms with E-state index < -0.39 is 5.91 Å². The molecule has 1 aromatic heterocycles. The molecular formula is C16H11Cl2N3O2. The van der Waals surface area contributed by atoms with Gasteiger partial charge in [0.25, 0.3) is 0 Å². The molecule has 5 nitrogen and oxygen atoms in total. The van der Waals surface area contributed by atoms with Crippen LogP contribution in [0.3, 0.4) is 0 Å². The van der Waals surface area contributed by atoms with Crippen molar-refractivity contribution < 1.29 is 9.21 Å². The van der Waals surface area contributed by atoms with Crippen LogP contribution in [-0.4, -0.2) is 16.1 Å². The lowest BCUT2D eigenvalue weighted by molar-refractivity contribution is 0.0917. The number of nitrogens with one attached hydrogen (secondary N) is 1. The summed E-state index contributed by atoms with van der Waals surface area (Å²) in [6, 6.07) is 14.2. The van der Waals surface area contributed by atoms with Crippen molar-refractivity contribution in [3.63, 3.8) is 0 Å². The number of rotatable bonds is 4. The topological polar surface area (TPSA) is 68.0 Å². The van der Waals surface area contributed by atoms with Crippen LogP contribution in [0.25, 0.3) is 11.5 Å². The van der Waals surface area contributed by atoms with Crippen LogP contribution < -0.4 is 5.32 Å². The average Bonchev–Trinajstić information content (AvgIpc) is 3.04. The number of hydrogen-bond donors (Lipinski definition) is 1. The highest BCUT2D eigenvalue weighted by Gasteiger charge is 2.16. The minimum Gasteiger partial charge on any atom is -0.412 e. The fourth-order valence-corrected chi connectivity index (χ4v) is 2.34. The Balaban J connectivity index is 1.70. The lowest BCUT2D eigenvalue weighted by atomic mass is 10.2. The SMILES string of the molecule is O=C(NCc1ccccc1Cl)c1nnc(-c2cccc(Cl)c2)o1. The van der Waals surface area contributed by atoms with E-state index in [2.05, 4.69) is 15.5 Å². The smallest absolute Gasteiger partial charge is 0.309 e. The predicted octanol–water partition coefficient (Wildman–Crippen LogP) is 3.97. The molecule has 0 fully saturated rings. The first-order valence-electron chi connectivity index (χ1n) is 6.74. The van der Waals surface area contributed by atoms with Crippen molar-refractivity contribution in [1.29, 1.82) is 0 Å². The van der Waals surface area contributed by atoms with E-state index in [1.54, 1.807) is 30.3 Å². The van der Waals surface area contributed by atoms with E-state index in [4.69, 9.17) is 27.6 Å². The Hall–Kier alpha value is -2.37. The molecule has 3 aromatic rings. The van der Waals surface area contributed by atoms with Crippen LogP contribution in [0.15, 0.2) is 52.9 Å². The zero-order valence-electron chi connectivity index (χ0n) is 11.8. The van der Waals surface area contributed by atoms with Gasteiger partial charge in [-0.25, -0.2) is 0 Å². The molecule has 2 aromatic carbocycles. The van der Waals surface area contributed by atoms with E-state index in [1.807, 2.05) is 18.2 Å². The first-order chi connectivity index (χ1) is 11.1. The molecule has 116 valence electrons. The lowest BCUT2D eigenvalue weighted by Crippen LogP contribution is -2.23. The van der Waals surface area contributed by atoms with Gasteiger partial charge in [0.15, 0.2) is 0 Å². The van der Waals surface area contributed by atoms with Gasteiger partial charge in [-0.1, -0.05) is 47.5 Å². The van der Waals surface area contributed by atoms with E-state index in [1.165, 1.54) is 0 Å². The largest absolute Gasteiger partial charge is 0.412 e. The first-order valence-corrected chi connectivity index (χ1v) is 7.50. The summed E-state index contributed by atoms with van der Waals surface area (Å²) in [5.74, 6) is -0.354. The van der Waals surface area contributed by atoms with Gasteiger partial charge >= 0.3 is 11.8 Å². The molecule has 0 radical (unpaired) electrons. The van der Waals surface area contributed by atoms with Crippen molar-refractivity contribution in [3.8, 4) is 11.5 Å². The van der Waals surface area contributed by atoms with E-state index in [-0.39, 0.29) is 18.3 Å². The van der Waals surface area contributed by atoms with Gasteiger partial charge in [0, 0.05) is 22.2 Å². The van der Waals surface area contributed by atoms with Gasteiger partial charge in [-0.3, -0.25) is 4.79 Å². The molecule has 23 heavy (non-hydrogen) atoms. The van der Waals surface area contributed by atoms with Gasteiger partial charge in [0.2, 0.25) is 5.89 Å². The van der Waals surface area contributed by atoms with Crippen molar-refractivity contribution in [1.82, 2.24) is 15.5 Å². The monoisotopic (exact) mass is 347 g/mol. The van der Waals surface area contributed by atoms with Gasteiger partial charge in [-0.05, 0) is 29.8 Å². The van der Waals surface area contributed by atoms with Crippen molar-refractivity contribution >= 4 is 29.1 Å². The molecular weight excluding hydrogens is 337 g/mol. The number of carbonyl (C=O) groups is 1. The summed E-state index contributed by atoms with van der Waals surface area (Å²) >= 11 is 12.0. The van der Waals surface area contributed by atoms with E-state index in [0.29, 0.717) is 15.6 Å². The highest BCUT2D eigenvalue weighted by atomic mass is 35.5. The molecule has 0 unspecified atom stereocenters. The molecule has 0 atom stereocenters. The molecule has 0 saturated heterocycles. The number of aromatic nitrogens is 2. The van der Waals surface area contributed by atoms with Gasteiger partial charge in [-0.2, -0.15) is 0 Å². The summed E-state index contributed by atoms with van der Waals surface area (Å²) in [7, 11) is 0. The van der Waals surface area contributed by atoms with Gasteiger partial charge in [0.05, 0.1) is 0 Å². The van der Waals surface area contributed by atoms with Crippen molar-refractivity contribution in [3.05, 3.63) is 70.0 Å². The fourth-order valence-electron chi connectivity index (χ4n) is 1.95. The Morgan fingerprint density at radius 1 is 1.09 bits per heavy atom. The number of nitrogens with zero attached hydrogens (tertiary/aromatic N) is 2. The maximum absolute atomic E-state index is 12.1. The molecule has 0 saturated carbocycles. The molecule has 1 heterocycles. The Morgan fingerprint density at radius 2 is 1.91 bits per heavy atom. The van der Waals surface area contributed by atoms with Crippen molar-refractivity contribution in [2.75, 3.05) is 0 Å². The first kappa shape index (κ1) is 15.5. The van der Waals surface area contributed by atoms with Crippen LogP contribution >= 0.6 is 23.2 Å². The fraction of sp³-hybridized carbons (Fsp3) is 0.0625. The molecule has 1 amide bonds. The summed E-state index contributed by atoms with van der Waals surface area (Å²) in [6.07, 6.45) is 0. The number of hydrogen-bond acceptors (Lipinski definition) is 4. The zero-order chi connectivity index (χ0) is 16.2. The quantitative estimate of drug-likeness (QED) is 0.775. The molecule has 0 bridgehead atoms. The van der Waals surface area contributed by atoms with Crippen LogP contribution in [0.2, 0.25) is 10.0 Å². The maximum atomic E-state index is 12.1. The summed E-state index contributed by atoms with van der Waals surface area (Å²) in [5, 5.41) is 11.4. The molecule has 0 aliphatic carbocycles. The normalized spacial score (nSPS) is 10.5. The Labute approximate surface area is 142 Å².